The highest BCUT2D eigenvalue weighted by molar-refractivity contribution is 7.80. The van der Waals surface area contributed by atoms with Crippen LogP contribution in [0.4, 0.5) is 0 Å². The van der Waals surface area contributed by atoms with Gasteiger partial charge in [-0.1, -0.05) is 13.8 Å². The van der Waals surface area contributed by atoms with E-state index in [1.54, 1.807) is 0 Å². The zero-order valence-electron chi connectivity index (χ0n) is 16.1. The molecular formula is C17H30N4O6S. The summed E-state index contributed by atoms with van der Waals surface area (Å²) in [5.41, 5.74) is 5.96. The van der Waals surface area contributed by atoms with Crippen molar-refractivity contribution in [1.29, 1.82) is 0 Å². The summed E-state index contributed by atoms with van der Waals surface area (Å²) in [5, 5.41) is 22.5. The van der Waals surface area contributed by atoms with Crippen LogP contribution < -0.4 is 16.4 Å². The highest BCUT2D eigenvalue weighted by Crippen LogP contribution is 2.20. The maximum absolute atomic E-state index is 12.6. The second-order valence-corrected chi connectivity index (χ2v) is 7.62. The molecule has 1 heterocycles. The number of aliphatic hydroxyl groups excluding tert-OH is 1. The number of hydrogen-bond acceptors (Lipinski definition) is 7. The molecule has 0 spiro atoms. The van der Waals surface area contributed by atoms with Crippen molar-refractivity contribution >= 4 is 36.3 Å². The molecule has 4 unspecified atom stereocenters. The van der Waals surface area contributed by atoms with E-state index in [4.69, 9.17) is 15.9 Å². The van der Waals surface area contributed by atoms with Crippen molar-refractivity contribution in [2.45, 2.75) is 57.3 Å². The Bertz CT molecular complexity index is 588. The Hall–Kier alpha value is -1.85. The minimum atomic E-state index is -1.48. The largest absolute Gasteiger partial charge is 0.480 e. The maximum Gasteiger partial charge on any atom is 0.328 e. The highest BCUT2D eigenvalue weighted by atomic mass is 32.1. The molecule has 0 aromatic carbocycles. The van der Waals surface area contributed by atoms with Crippen molar-refractivity contribution in [1.82, 2.24) is 15.5 Å². The molecule has 0 bridgehead atoms. The lowest BCUT2D eigenvalue weighted by molar-refractivity contribution is -0.143. The second-order valence-electron chi connectivity index (χ2n) is 7.25. The Morgan fingerprint density at radius 3 is 2.36 bits per heavy atom. The number of hydrogen-bond donors (Lipinski definition) is 6. The summed E-state index contributed by atoms with van der Waals surface area (Å²) in [6.45, 7) is 3.53. The Balaban J connectivity index is 2.76. The van der Waals surface area contributed by atoms with Crippen molar-refractivity contribution in [2.75, 3.05) is 18.9 Å². The van der Waals surface area contributed by atoms with E-state index in [1.807, 2.05) is 13.8 Å². The van der Waals surface area contributed by atoms with Gasteiger partial charge >= 0.3 is 5.97 Å². The highest BCUT2D eigenvalue weighted by Gasteiger charge is 2.37. The third kappa shape index (κ3) is 6.64. The Morgan fingerprint density at radius 1 is 1.21 bits per heavy atom. The van der Waals surface area contributed by atoms with Gasteiger partial charge in [-0.25, -0.2) is 4.79 Å². The normalized spacial score (nSPS) is 19.8. The molecule has 28 heavy (non-hydrogen) atoms. The van der Waals surface area contributed by atoms with E-state index in [1.165, 1.54) is 4.90 Å². The molecule has 0 aromatic heterocycles. The third-order valence-electron chi connectivity index (χ3n) is 4.49. The number of amides is 3. The summed E-state index contributed by atoms with van der Waals surface area (Å²) in [4.78, 5) is 49.8. The van der Waals surface area contributed by atoms with Gasteiger partial charge < -0.3 is 31.5 Å². The molecule has 3 amide bonds. The van der Waals surface area contributed by atoms with Gasteiger partial charge in [-0.2, -0.15) is 12.6 Å². The summed E-state index contributed by atoms with van der Waals surface area (Å²) < 4.78 is 0. The number of aliphatic carboxylic acids is 1. The average Bonchev–Trinajstić information content (AvgIpc) is 3.11. The number of likely N-dealkylation sites (tertiary alicyclic amines) is 1. The van der Waals surface area contributed by atoms with Crippen molar-refractivity contribution in [3.63, 3.8) is 0 Å². The molecule has 1 rings (SSSR count). The van der Waals surface area contributed by atoms with Crippen LogP contribution >= 0.6 is 12.6 Å². The number of rotatable bonds is 10. The van der Waals surface area contributed by atoms with Gasteiger partial charge in [0.05, 0.1) is 12.6 Å². The Kier molecular flexibility index (Phi) is 9.70. The van der Waals surface area contributed by atoms with Crippen LogP contribution in [-0.4, -0.2) is 81.9 Å². The molecule has 0 saturated carbocycles. The zero-order valence-corrected chi connectivity index (χ0v) is 17.0. The summed E-state index contributed by atoms with van der Waals surface area (Å²) in [7, 11) is 0. The molecule has 6 N–H and O–H groups in total. The predicted octanol–water partition coefficient (Wildman–Crippen LogP) is -1.67. The number of carbonyl (C=O) groups excluding carboxylic acids is 3. The van der Waals surface area contributed by atoms with Gasteiger partial charge in [0.2, 0.25) is 17.7 Å². The smallest absolute Gasteiger partial charge is 0.328 e. The van der Waals surface area contributed by atoms with Crippen LogP contribution in [0, 0.1) is 5.92 Å². The Labute approximate surface area is 169 Å². The standard InChI is InChI=1S/C17H30N4O6S/c1-9(2)6-10(18)16(25)21-5-3-4-13(21)15(24)20-12(8-28)14(23)19-11(7-22)17(26)27/h9-13,22,28H,3-8,18H2,1-2H3,(H,19,23)(H,20,24)(H,26,27). The molecule has 1 aliphatic rings. The predicted molar refractivity (Wildman–Crippen MR) is 105 cm³/mol. The van der Waals surface area contributed by atoms with Gasteiger partial charge in [-0.05, 0) is 25.2 Å². The van der Waals surface area contributed by atoms with Crippen molar-refractivity contribution in [3.8, 4) is 0 Å². The lowest BCUT2D eigenvalue weighted by Gasteiger charge is -2.28. The van der Waals surface area contributed by atoms with E-state index in [9.17, 15) is 19.2 Å². The van der Waals surface area contributed by atoms with E-state index in [0.717, 1.165) is 0 Å². The van der Waals surface area contributed by atoms with E-state index in [2.05, 4.69) is 23.3 Å². The van der Waals surface area contributed by atoms with Gasteiger partial charge in [0, 0.05) is 12.3 Å². The van der Waals surface area contributed by atoms with Crippen LogP contribution in [0.5, 0.6) is 0 Å². The molecule has 4 atom stereocenters. The van der Waals surface area contributed by atoms with E-state index in [0.29, 0.717) is 25.8 Å². The van der Waals surface area contributed by atoms with E-state index in [-0.39, 0.29) is 17.6 Å². The van der Waals surface area contributed by atoms with E-state index < -0.39 is 48.6 Å². The number of carboxylic acids is 1. The second kappa shape index (κ2) is 11.2. The first kappa shape index (κ1) is 24.2. The minimum Gasteiger partial charge on any atom is -0.480 e. The molecule has 160 valence electrons. The molecule has 11 heteroatoms. The van der Waals surface area contributed by atoms with Gasteiger partial charge in [0.1, 0.15) is 18.1 Å². The van der Waals surface area contributed by atoms with Crippen LogP contribution in [0.1, 0.15) is 33.1 Å². The molecular weight excluding hydrogens is 388 g/mol. The number of nitrogens with two attached hydrogens (primary N) is 1. The minimum absolute atomic E-state index is 0.0805. The quantitative estimate of drug-likeness (QED) is 0.231. The van der Waals surface area contributed by atoms with Crippen molar-refractivity contribution in [3.05, 3.63) is 0 Å². The van der Waals surface area contributed by atoms with Gasteiger partial charge in [0.15, 0.2) is 0 Å². The van der Waals surface area contributed by atoms with Crippen LogP contribution in [0.3, 0.4) is 0 Å². The SMILES string of the molecule is CC(C)CC(N)C(=O)N1CCCC1C(=O)NC(CS)C(=O)NC(CO)C(=O)O. The molecule has 0 aromatic rings. The van der Waals surface area contributed by atoms with Crippen molar-refractivity contribution in [2.24, 2.45) is 11.7 Å². The first-order valence-electron chi connectivity index (χ1n) is 9.23. The van der Waals surface area contributed by atoms with Crippen LogP contribution in [0.2, 0.25) is 0 Å². The fourth-order valence-corrected chi connectivity index (χ4v) is 3.30. The number of aliphatic hydroxyl groups is 1. The maximum atomic E-state index is 12.6. The average molecular weight is 419 g/mol. The van der Waals surface area contributed by atoms with Gasteiger partial charge in [0.25, 0.3) is 0 Å². The summed E-state index contributed by atoms with van der Waals surface area (Å²) in [5.74, 6) is -2.84. The first-order valence-corrected chi connectivity index (χ1v) is 9.86. The van der Waals surface area contributed by atoms with Gasteiger partial charge in [-0.3, -0.25) is 14.4 Å². The number of nitrogens with zero attached hydrogens (tertiary/aromatic N) is 1. The lowest BCUT2D eigenvalue weighted by Crippen LogP contribution is -2.57. The Morgan fingerprint density at radius 2 is 1.86 bits per heavy atom. The van der Waals surface area contributed by atoms with Gasteiger partial charge in [-0.15, -0.1) is 0 Å². The third-order valence-corrected chi connectivity index (χ3v) is 4.86. The molecule has 1 saturated heterocycles. The summed E-state index contributed by atoms with van der Waals surface area (Å²) in [6.07, 6.45) is 1.59. The topological polar surface area (TPSA) is 162 Å². The number of nitrogens with one attached hydrogen (secondary N) is 2. The zero-order chi connectivity index (χ0) is 21.4. The number of carbonyl (C=O) groups is 4. The van der Waals surface area contributed by atoms with E-state index >= 15 is 0 Å². The number of thiol groups is 1. The number of carboxylic acid groups (broad SMARTS) is 1. The molecule has 10 nitrogen and oxygen atoms in total. The molecule has 1 fully saturated rings. The van der Waals surface area contributed by atoms with Crippen molar-refractivity contribution < 1.29 is 29.4 Å². The van der Waals surface area contributed by atoms with Crippen LogP contribution in [-0.2, 0) is 19.2 Å². The molecule has 1 aliphatic heterocycles. The van der Waals surface area contributed by atoms with Crippen LogP contribution in [0.25, 0.3) is 0 Å². The molecule has 0 aliphatic carbocycles. The fourth-order valence-electron chi connectivity index (χ4n) is 3.04. The summed E-state index contributed by atoms with van der Waals surface area (Å²) in [6, 6.07) is -4.02. The summed E-state index contributed by atoms with van der Waals surface area (Å²) >= 11 is 4.02. The molecule has 0 radical (unpaired) electrons. The first-order chi connectivity index (χ1) is 13.1. The fraction of sp³-hybridized carbons (Fsp3) is 0.765. The van der Waals surface area contributed by atoms with Crippen LogP contribution in [0.15, 0.2) is 0 Å². The lowest BCUT2D eigenvalue weighted by atomic mass is 10.0. The monoisotopic (exact) mass is 418 g/mol.